The molecule has 0 saturated carbocycles. The number of para-hydroxylation sites is 3. The number of nitrogens with zero attached hydrogens (tertiary/aromatic N) is 2. The van der Waals surface area contributed by atoms with Crippen LogP contribution in [-0.4, -0.2) is 9.97 Å². The molecule has 0 unspecified atom stereocenters. The Morgan fingerprint density at radius 3 is 2.43 bits per heavy atom. The largest absolute Gasteiger partial charge is 0.455 e. The summed E-state index contributed by atoms with van der Waals surface area (Å²) in [5, 5.41) is 6.63. The first-order valence-electron chi connectivity index (χ1n) is 9.66. The van der Waals surface area contributed by atoms with Gasteiger partial charge in [0.05, 0.1) is 11.1 Å². The number of benzene rings is 3. The number of nitrogens with one attached hydrogen (secondary N) is 1. The molecule has 0 atom stereocenters. The zero-order valence-corrected chi connectivity index (χ0v) is 17.2. The van der Waals surface area contributed by atoms with E-state index in [1.54, 1.807) is 17.7 Å². The third kappa shape index (κ3) is 3.63. The molecule has 0 aliphatic carbocycles. The minimum Gasteiger partial charge on any atom is -0.455 e. The van der Waals surface area contributed by atoms with Gasteiger partial charge in [-0.15, -0.1) is 11.3 Å². The van der Waals surface area contributed by atoms with Crippen LogP contribution in [0, 0.1) is 6.92 Å². The highest BCUT2D eigenvalue weighted by Crippen LogP contribution is 2.39. The van der Waals surface area contributed by atoms with E-state index >= 15 is 0 Å². The van der Waals surface area contributed by atoms with Crippen molar-refractivity contribution in [1.82, 2.24) is 9.97 Å². The van der Waals surface area contributed by atoms with Crippen molar-refractivity contribution >= 4 is 33.1 Å². The second kappa shape index (κ2) is 7.97. The zero-order valence-electron chi connectivity index (χ0n) is 16.4. The lowest BCUT2D eigenvalue weighted by Crippen LogP contribution is -1.98. The van der Waals surface area contributed by atoms with Gasteiger partial charge in [0, 0.05) is 10.9 Å². The highest BCUT2D eigenvalue weighted by Gasteiger charge is 2.15. The number of rotatable bonds is 5. The molecular formula is C25H19N3OS. The number of aryl methyl sites for hydroxylation is 1. The molecule has 0 aliphatic heterocycles. The summed E-state index contributed by atoms with van der Waals surface area (Å²) in [5.74, 6) is 2.29. The first-order chi connectivity index (χ1) is 14.8. The first-order valence-corrected chi connectivity index (χ1v) is 10.5. The number of hydrogen-bond donors (Lipinski definition) is 1. The van der Waals surface area contributed by atoms with Gasteiger partial charge < -0.3 is 10.1 Å². The molecule has 5 aromatic rings. The van der Waals surface area contributed by atoms with Gasteiger partial charge in [-0.2, -0.15) is 0 Å². The molecule has 0 saturated heterocycles. The molecular weight excluding hydrogens is 390 g/mol. The summed E-state index contributed by atoms with van der Waals surface area (Å²) < 4.78 is 6.10. The zero-order chi connectivity index (χ0) is 20.3. The maximum Gasteiger partial charge on any atom is 0.150 e. The summed E-state index contributed by atoms with van der Waals surface area (Å²) >= 11 is 1.62. The van der Waals surface area contributed by atoms with Crippen LogP contribution in [0.3, 0.4) is 0 Å². The molecule has 0 bridgehead atoms. The predicted molar refractivity (Wildman–Crippen MR) is 124 cm³/mol. The summed E-state index contributed by atoms with van der Waals surface area (Å²) in [6.07, 6.45) is 1.60. The molecule has 0 amide bonds. The van der Waals surface area contributed by atoms with E-state index in [1.807, 2.05) is 54.6 Å². The third-order valence-electron chi connectivity index (χ3n) is 4.84. The van der Waals surface area contributed by atoms with Crippen LogP contribution in [0.4, 0.5) is 11.5 Å². The van der Waals surface area contributed by atoms with Crippen LogP contribution >= 0.6 is 11.3 Å². The fourth-order valence-electron chi connectivity index (χ4n) is 3.32. The molecule has 1 N–H and O–H groups in total. The predicted octanol–water partition coefficient (Wildman–Crippen LogP) is 7.20. The Labute approximate surface area is 178 Å². The van der Waals surface area contributed by atoms with Gasteiger partial charge >= 0.3 is 0 Å². The second-order valence-electron chi connectivity index (χ2n) is 6.95. The monoisotopic (exact) mass is 409 g/mol. The summed E-state index contributed by atoms with van der Waals surface area (Å²) in [6.45, 7) is 2.09. The number of fused-ring (bicyclic) bond motifs is 1. The summed E-state index contributed by atoms with van der Waals surface area (Å²) in [7, 11) is 0. The van der Waals surface area contributed by atoms with Crippen molar-refractivity contribution in [2.75, 3.05) is 5.32 Å². The van der Waals surface area contributed by atoms with Crippen molar-refractivity contribution in [2.45, 2.75) is 6.92 Å². The minimum atomic E-state index is 0.738. The van der Waals surface area contributed by atoms with E-state index in [0.29, 0.717) is 0 Å². The molecule has 5 heteroatoms. The molecule has 0 aliphatic rings. The van der Waals surface area contributed by atoms with Gasteiger partial charge in [-0.3, -0.25) is 0 Å². The maximum absolute atomic E-state index is 6.10. The highest BCUT2D eigenvalue weighted by molar-refractivity contribution is 7.17. The minimum absolute atomic E-state index is 0.738. The quantitative estimate of drug-likeness (QED) is 0.333. The molecule has 0 spiro atoms. The number of hydrogen-bond acceptors (Lipinski definition) is 5. The second-order valence-corrected chi connectivity index (χ2v) is 7.81. The van der Waals surface area contributed by atoms with E-state index in [-0.39, 0.29) is 0 Å². The Morgan fingerprint density at radius 1 is 0.833 bits per heavy atom. The molecule has 0 fully saturated rings. The van der Waals surface area contributed by atoms with Gasteiger partial charge in [-0.05, 0) is 36.8 Å². The van der Waals surface area contributed by atoms with Crippen LogP contribution in [0.15, 0.2) is 90.6 Å². The van der Waals surface area contributed by atoms with E-state index in [9.17, 15) is 0 Å². The Hall–Kier alpha value is -3.70. The lowest BCUT2D eigenvalue weighted by Gasteiger charge is -2.13. The van der Waals surface area contributed by atoms with Crippen LogP contribution in [0.5, 0.6) is 11.5 Å². The summed E-state index contributed by atoms with van der Waals surface area (Å²) in [4.78, 5) is 9.98. The van der Waals surface area contributed by atoms with Gasteiger partial charge in [-0.1, -0.05) is 60.2 Å². The standard InChI is InChI=1S/C25H19N3OS/c1-17-11-13-18(14-12-17)20-15-30-25-23(20)24(26-16-27-25)28-21-9-5-6-10-22(21)29-19-7-3-2-4-8-19/h2-16H,1H3,(H,26,27,28). The topological polar surface area (TPSA) is 47.0 Å². The summed E-state index contributed by atoms with van der Waals surface area (Å²) in [5.41, 5.74) is 4.36. The molecule has 30 heavy (non-hydrogen) atoms. The fraction of sp³-hybridized carbons (Fsp3) is 0.0400. The average molecular weight is 410 g/mol. The van der Waals surface area contributed by atoms with Crippen LogP contribution in [0.1, 0.15) is 5.56 Å². The Morgan fingerprint density at radius 2 is 1.60 bits per heavy atom. The molecule has 5 rings (SSSR count). The van der Waals surface area contributed by atoms with E-state index in [1.165, 1.54) is 5.56 Å². The van der Waals surface area contributed by atoms with E-state index in [4.69, 9.17) is 4.74 Å². The van der Waals surface area contributed by atoms with Gasteiger partial charge in [0.25, 0.3) is 0 Å². The van der Waals surface area contributed by atoms with Crippen molar-refractivity contribution in [3.05, 3.63) is 96.1 Å². The Kier molecular flexibility index (Phi) is 4.87. The van der Waals surface area contributed by atoms with Gasteiger partial charge in [-0.25, -0.2) is 9.97 Å². The van der Waals surface area contributed by atoms with Crippen LogP contribution in [0.25, 0.3) is 21.3 Å². The third-order valence-corrected chi connectivity index (χ3v) is 5.73. The molecule has 2 aromatic heterocycles. The van der Waals surface area contributed by atoms with Gasteiger partial charge in [0.15, 0.2) is 5.75 Å². The maximum atomic E-state index is 6.10. The molecule has 2 heterocycles. The van der Waals surface area contributed by atoms with E-state index in [2.05, 4.69) is 51.9 Å². The highest BCUT2D eigenvalue weighted by atomic mass is 32.1. The van der Waals surface area contributed by atoms with Gasteiger partial charge in [0.2, 0.25) is 0 Å². The Bertz CT molecular complexity index is 1300. The number of ether oxygens (including phenoxy) is 1. The number of thiophene rings is 1. The Balaban J connectivity index is 1.55. The van der Waals surface area contributed by atoms with Gasteiger partial charge in [0.1, 0.15) is 22.7 Å². The van der Waals surface area contributed by atoms with Crippen LogP contribution in [-0.2, 0) is 0 Å². The first kappa shape index (κ1) is 18.3. The van der Waals surface area contributed by atoms with Crippen LogP contribution in [0.2, 0.25) is 0 Å². The fourth-order valence-corrected chi connectivity index (χ4v) is 4.23. The normalized spacial score (nSPS) is 10.8. The van der Waals surface area contributed by atoms with Crippen molar-refractivity contribution in [3.8, 4) is 22.6 Å². The van der Waals surface area contributed by atoms with Crippen molar-refractivity contribution in [2.24, 2.45) is 0 Å². The SMILES string of the molecule is Cc1ccc(-c2csc3ncnc(Nc4ccccc4Oc4ccccc4)c23)cc1. The van der Waals surface area contributed by atoms with E-state index in [0.717, 1.165) is 44.3 Å². The number of aromatic nitrogens is 2. The molecule has 3 aromatic carbocycles. The summed E-state index contributed by atoms with van der Waals surface area (Å²) in [6, 6.07) is 26.2. The lowest BCUT2D eigenvalue weighted by atomic mass is 10.0. The molecule has 4 nitrogen and oxygen atoms in total. The number of anilines is 2. The van der Waals surface area contributed by atoms with Crippen molar-refractivity contribution < 1.29 is 4.74 Å². The van der Waals surface area contributed by atoms with Crippen LogP contribution < -0.4 is 10.1 Å². The lowest BCUT2D eigenvalue weighted by molar-refractivity contribution is 0.485. The smallest absolute Gasteiger partial charge is 0.150 e. The molecule has 146 valence electrons. The molecule has 0 radical (unpaired) electrons. The average Bonchev–Trinajstić information content (AvgIpc) is 3.22. The van der Waals surface area contributed by atoms with Crippen molar-refractivity contribution in [1.29, 1.82) is 0 Å². The van der Waals surface area contributed by atoms with Crippen molar-refractivity contribution in [3.63, 3.8) is 0 Å². The van der Waals surface area contributed by atoms with E-state index < -0.39 is 0 Å².